The summed E-state index contributed by atoms with van der Waals surface area (Å²) < 4.78 is 18.1. The summed E-state index contributed by atoms with van der Waals surface area (Å²) in [5.74, 6) is 0.941. The number of aliphatic hydroxyl groups is 1. The number of hydrogen-bond donors (Lipinski definition) is 3. The van der Waals surface area contributed by atoms with E-state index in [2.05, 4.69) is 41.6 Å². The molecule has 3 aromatic rings. The van der Waals surface area contributed by atoms with Crippen LogP contribution in [0.25, 0.3) is 0 Å². The molecule has 0 spiro atoms. The number of fused-ring (bicyclic) bond motifs is 1. The van der Waals surface area contributed by atoms with Crippen LogP contribution in [0.2, 0.25) is 0 Å². The monoisotopic (exact) mass is 646 g/mol. The van der Waals surface area contributed by atoms with E-state index in [-0.39, 0.29) is 30.6 Å². The fourth-order valence-electron chi connectivity index (χ4n) is 5.69. The van der Waals surface area contributed by atoms with E-state index in [0.717, 1.165) is 31.6 Å². The van der Waals surface area contributed by atoms with Gasteiger partial charge < -0.3 is 34.9 Å². The first-order valence-corrected chi connectivity index (χ1v) is 16.5. The van der Waals surface area contributed by atoms with Crippen LogP contribution >= 0.6 is 0 Å². The molecule has 254 valence electrons. The second-order valence-corrected chi connectivity index (χ2v) is 12.5. The first kappa shape index (κ1) is 35.7. The van der Waals surface area contributed by atoms with Crippen molar-refractivity contribution in [3.05, 3.63) is 83.9 Å². The molecule has 0 fully saturated rings. The first-order valence-electron chi connectivity index (χ1n) is 16.5. The van der Waals surface area contributed by atoms with Crippen molar-refractivity contribution in [3.63, 3.8) is 0 Å². The zero-order chi connectivity index (χ0) is 33.8. The van der Waals surface area contributed by atoms with Crippen molar-refractivity contribution >= 4 is 23.3 Å². The number of hydrogen-bond acceptors (Lipinski definition) is 7. The summed E-state index contributed by atoms with van der Waals surface area (Å²) >= 11 is 0. The van der Waals surface area contributed by atoms with Crippen molar-refractivity contribution in [3.8, 4) is 11.5 Å². The highest BCUT2D eigenvalue weighted by Crippen LogP contribution is 2.29. The molecule has 1 heterocycles. The smallest absolute Gasteiger partial charge is 0.323 e. The van der Waals surface area contributed by atoms with Gasteiger partial charge in [0.1, 0.15) is 11.5 Å². The number of carbonyl (C=O) groups is 2. The summed E-state index contributed by atoms with van der Waals surface area (Å²) in [5, 5.41) is 15.9. The van der Waals surface area contributed by atoms with Gasteiger partial charge in [-0.2, -0.15) is 0 Å². The lowest BCUT2D eigenvalue weighted by atomic mass is 10.0. The fourth-order valence-corrected chi connectivity index (χ4v) is 5.69. The Hall–Kier alpha value is -4.12. The molecular formula is C37H50N4O6. The predicted molar refractivity (Wildman–Crippen MR) is 185 cm³/mol. The maximum absolute atomic E-state index is 14.4. The molecule has 0 saturated heterocycles. The minimum atomic E-state index is -0.459. The van der Waals surface area contributed by atoms with Gasteiger partial charge in [0.15, 0.2) is 0 Å². The number of ether oxygens (including phenoxy) is 3. The number of nitrogens with one attached hydrogen (secondary N) is 2. The highest BCUT2D eigenvalue weighted by atomic mass is 16.5. The molecule has 1 aliphatic heterocycles. The van der Waals surface area contributed by atoms with Gasteiger partial charge in [-0.25, -0.2) is 4.79 Å². The van der Waals surface area contributed by atoms with Crippen LogP contribution in [0.1, 0.15) is 56.0 Å². The minimum absolute atomic E-state index is 0.0459. The molecule has 0 saturated carbocycles. The van der Waals surface area contributed by atoms with Crippen LogP contribution in [0, 0.1) is 5.92 Å². The van der Waals surface area contributed by atoms with E-state index in [1.807, 2.05) is 44.2 Å². The molecule has 47 heavy (non-hydrogen) atoms. The molecule has 3 amide bonds. The molecule has 3 N–H and O–H groups in total. The molecular weight excluding hydrogens is 596 g/mol. The summed E-state index contributed by atoms with van der Waals surface area (Å²) in [7, 11) is 3.73. The normalized spacial score (nSPS) is 20.0. The number of benzene rings is 3. The Balaban J connectivity index is 1.57. The maximum atomic E-state index is 14.4. The second kappa shape index (κ2) is 17.7. The van der Waals surface area contributed by atoms with Gasteiger partial charge in [-0.15, -0.1) is 0 Å². The minimum Gasteiger partial charge on any atom is -0.497 e. The van der Waals surface area contributed by atoms with Crippen molar-refractivity contribution in [2.45, 2.75) is 64.8 Å². The van der Waals surface area contributed by atoms with Gasteiger partial charge in [0.05, 0.1) is 37.5 Å². The molecule has 1 aliphatic rings. The molecule has 10 heteroatoms. The Bertz CT molecular complexity index is 1420. The van der Waals surface area contributed by atoms with Crippen molar-refractivity contribution in [1.82, 2.24) is 9.80 Å². The number of amides is 3. The predicted octanol–water partition coefficient (Wildman–Crippen LogP) is 6.27. The fraction of sp³-hybridized carbons (Fsp3) is 0.459. The third-order valence-electron chi connectivity index (χ3n) is 8.44. The number of likely N-dealkylation sites (N-methyl/N-ethyl adjacent to an activating group) is 1. The van der Waals surface area contributed by atoms with Gasteiger partial charge in [-0.05, 0) is 88.2 Å². The van der Waals surface area contributed by atoms with E-state index < -0.39 is 12.1 Å². The Kier molecular flexibility index (Phi) is 13.5. The summed E-state index contributed by atoms with van der Waals surface area (Å²) in [6, 6.07) is 21.4. The maximum Gasteiger partial charge on any atom is 0.323 e. The zero-order valence-corrected chi connectivity index (χ0v) is 28.3. The lowest BCUT2D eigenvalue weighted by molar-refractivity contribution is -0.0177. The second-order valence-electron chi connectivity index (χ2n) is 12.5. The third kappa shape index (κ3) is 10.7. The Morgan fingerprint density at radius 3 is 2.47 bits per heavy atom. The number of nitrogens with zero attached hydrogens (tertiary/aromatic N) is 2. The van der Waals surface area contributed by atoms with Crippen LogP contribution in [0.15, 0.2) is 72.8 Å². The van der Waals surface area contributed by atoms with Crippen LogP contribution in [0.3, 0.4) is 0 Å². The zero-order valence-electron chi connectivity index (χ0n) is 28.3. The summed E-state index contributed by atoms with van der Waals surface area (Å²) in [6.07, 6.45) is 2.32. The van der Waals surface area contributed by atoms with E-state index in [0.29, 0.717) is 42.4 Å². The molecule has 0 aliphatic carbocycles. The molecule has 0 unspecified atom stereocenters. The topological polar surface area (TPSA) is 113 Å². The van der Waals surface area contributed by atoms with E-state index in [1.165, 1.54) is 5.56 Å². The SMILES string of the molecule is COc1ccc(CN(C)C[C@@H]2OCCCC[C@H](C)Oc3ccc(NC(=O)Nc4ccccc4)cc3C(=O)N([C@@H](C)CO)C[C@@H]2C)cc1. The van der Waals surface area contributed by atoms with Crippen molar-refractivity contribution in [2.75, 3.05) is 51.1 Å². The van der Waals surface area contributed by atoms with Crippen LogP contribution < -0.4 is 20.1 Å². The van der Waals surface area contributed by atoms with Crippen LogP contribution in [0.4, 0.5) is 16.2 Å². The van der Waals surface area contributed by atoms with Crippen molar-refractivity contribution < 1.29 is 28.9 Å². The number of aliphatic hydroxyl groups excluding tert-OH is 1. The third-order valence-corrected chi connectivity index (χ3v) is 8.44. The van der Waals surface area contributed by atoms with Gasteiger partial charge >= 0.3 is 6.03 Å². The number of urea groups is 1. The number of methoxy groups -OCH3 is 1. The number of anilines is 2. The van der Waals surface area contributed by atoms with E-state index >= 15 is 0 Å². The molecule has 0 bridgehead atoms. The lowest BCUT2D eigenvalue weighted by Crippen LogP contribution is -2.47. The van der Waals surface area contributed by atoms with Crippen molar-refractivity contribution in [1.29, 1.82) is 0 Å². The molecule has 4 atom stereocenters. The summed E-state index contributed by atoms with van der Waals surface area (Å²) in [4.78, 5) is 31.1. The first-order chi connectivity index (χ1) is 22.7. The Morgan fingerprint density at radius 2 is 1.77 bits per heavy atom. The average molecular weight is 647 g/mol. The molecule has 0 aromatic heterocycles. The number of rotatable bonds is 9. The largest absolute Gasteiger partial charge is 0.497 e. The summed E-state index contributed by atoms with van der Waals surface area (Å²) in [5.41, 5.74) is 2.60. The quantitative estimate of drug-likeness (QED) is 0.251. The Morgan fingerprint density at radius 1 is 1.04 bits per heavy atom. The van der Waals surface area contributed by atoms with Gasteiger partial charge in [0.25, 0.3) is 5.91 Å². The standard InChI is InChI=1S/C37H50N4O6/c1-26-22-41(27(2)25-42)36(43)33-21-31(39-37(44)38-30-12-7-6-8-13-30)16-19-34(33)47-28(3)11-9-10-20-46-35(26)24-40(4)23-29-14-17-32(45-5)18-15-29/h6-8,12-19,21,26-28,35,42H,9-11,20,22-25H2,1-5H3,(H2,38,39,44)/t26-,27-,28-,35-/m0/s1. The summed E-state index contributed by atoms with van der Waals surface area (Å²) in [6.45, 7) is 8.09. The lowest BCUT2D eigenvalue weighted by Gasteiger charge is -2.36. The molecule has 3 aromatic carbocycles. The highest BCUT2D eigenvalue weighted by Gasteiger charge is 2.30. The van der Waals surface area contributed by atoms with Crippen LogP contribution in [-0.4, -0.2) is 85.6 Å². The Labute approximate surface area is 279 Å². The van der Waals surface area contributed by atoms with E-state index in [4.69, 9.17) is 14.2 Å². The highest BCUT2D eigenvalue weighted by molar-refractivity contribution is 6.02. The van der Waals surface area contributed by atoms with Gasteiger partial charge in [-0.1, -0.05) is 37.3 Å². The number of para-hydroxylation sites is 1. The van der Waals surface area contributed by atoms with E-state index in [1.54, 1.807) is 42.3 Å². The van der Waals surface area contributed by atoms with E-state index in [9.17, 15) is 14.7 Å². The molecule has 0 radical (unpaired) electrons. The number of carbonyl (C=O) groups excluding carboxylic acids is 2. The van der Waals surface area contributed by atoms with Gasteiger partial charge in [0.2, 0.25) is 0 Å². The van der Waals surface area contributed by atoms with Gasteiger partial charge in [-0.3, -0.25) is 9.69 Å². The van der Waals surface area contributed by atoms with Crippen LogP contribution in [0.5, 0.6) is 11.5 Å². The van der Waals surface area contributed by atoms with Crippen LogP contribution in [-0.2, 0) is 11.3 Å². The molecule has 10 nitrogen and oxygen atoms in total. The average Bonchev–Trinajstić information content (AvgIpc) is 3.06. The van der Waals surface area contributed by atoms with Gasteiger partial charge in [0, 0.05) is 43.5 Å². The van der Waals surface area contributed by atoms with Crippen molar-refractivity contribution in [2.24, 2.45) is 5.92 Å². The molecule has 4 rings (SSSR count).